The van der Waals surface area contributed by atoms with Crippen LogP contribution in [0.3, 0.4) is 0 Å². The third-order valence-corrected chi connectivity index (χ3v) is 4.28. The van der Waals surface area contributed by atoms with Gasteiger partial charge in [0.15, 0.2) is 0 Å². The van der Waals surface area contributed by atoms with Crippen LogP contribution in [0.5, 0.6) is 0 Å². The maximum absolute atomic E-state index is 4.59. The summed E-state index contributed by atoms with van der Waals surface area (Å²) in [5, 5.41) is 3.71. The summed E-state index contributed by atoms with van der Waals surface area (Å²) >= 11 is 0. The van der Waals surface area contributed by atoms with Gasteiger partial charge in [-0.3, -0.25) is 9.88 Å². The Bertz CT molecular complexity index is 406. The maximum Gasteiger partial charge on any atom is 0.0605 e. The standard InChI is InChI=1S/C17H29N3/c1-13(2)20(14(3)4)12-11-18-16-9-5-7-15-8-6-10-19-17(15)16/h6,8,10,13-14,16,18H,5,7,9,11-12H2,1-4H3. The zero-order chi connectivity index (χ0) is 14.5. The second kappa shape index (κ2) is 7.19. The minimum atomic E-state index is 0.445. The SMILES string of the molecule is CC(C)N(CCNC1CCCc2cccnc21)C(C)C. The fourth-order valence-electron chi connectivity index (χ4n) is 3.29. The van der Waals surface area contributed by atoms with E-state index in [1.165, 1.54) is 30.5 Å². The van der Waals surface area contributed by atoms with E-state index in [0.29, 0.717) is 18.1 Å². The van der Waals surface area contributed by atoms with Gasteiger partial charge in [-0.15, -0.1) is 0 Å². The first kappa shape index (κ1) is 15.5. The fraction of sp³-hybridized carbons (Fsp3) is 0.706. The molecule has 20 heavy (non-hydrogen) atoms. The lowest BCUT2D eigenvalue weighted by Gasteiger charge is -2.32. The van der Waals surface area contributed by atoms with Crippen LogP contribution in [0.1, 0.15) is 57.8 Å². The average molecular weight is 275 g/mol. The van der Waals surface area contributed by atoms with Crippen molar-refractivity contribution >= 4 is 0 Å². The van der Waals surface area contributed by atoms with Gasteiger partial charge >= 0.3 is 0 Å². The maximum atomic E-state index is 4.59. The van der Waals surface area contributed by atoms with Gasteiger partial charge in [-0.25, -0.2) is 0 Å². The molecule has 1 heterocycles. The second-order valence-electron chi connectivity index (χ2n) is 6.37. The molecule has 0 saturated carbocycles. The lowest BCUT2D eigenvalue weighted by atomic mass is 9.92. The highest BCUT2D eigenvalue weighted by Gasteiger charge is 2.21. The Balaban J connectivity index is 1.89. The van der Waals surface area contributed by atoms with Gasteiger partial charge in [0.1, 0.15) is 0 Å². The first-order chi connectivity index (χ1) is 9.59. The van der Waals surface area contributed by atoms with Crippen molar-refractivity contribution in [3.63, 3.8) is 0 Å². The zero-order valence-corrected chi connectivity index (χ0v) is 13.4. The molecule has 1 aromatic heterocycles. The van der Waals surface area contributed by atoms with Crippen molar-refractivity contribution in [1.29, 1.82) is 0 Å². The molecule has 3 heteroatoms. The van der Waals surface area contributed by atoms with Gasteiger partial charge < -0.3 is 5.32 Å². The molecule has 1 N–H and O–H groups in total. The number of nitrogens with zero attached hydrogens (tertiary/aromatic N) is 2. The van der Waals surface area contributed by atoms with Crippen molar-refractivity contribution in [2.24, 2.45) is 0 Å². The number of pyridine rings is 1. The summed E-state index contributed by atoms with van der Waals surface area (Å²) in [6, 6.07) is 5.94. The minimum Gasteiger partial charge on any atom is -0.307 e. The summed E-state index contributed by atoms with van der Waals surface area (Å²) in [6.45, 7) is 11.2. The first-order valence-corrected chi connectivity index (χ1v) is 8.02. The number of nitrogens with one attached hydrogen (secondary N) is 1. The summed E-state index contributed by atoms with van der Waals surface area (Å²) in [5.74, 6) is 0. The molecule has 2 rings (SSSR count). The van der Waals surface area contributed by atoms with Crippen molar-refractivity contribution in [1.82, 2.24) is 15.2 Å². The van der Waals surface area contributed by atoms with Gasteiger partial charge in [-0.2, -0.15) is 0 Å². The van der Waals surface area contributed by atoms with Crippen LogP contribution in [0.2, 0.25) is 0 Å². The van der Waals surface area contributed by atoms with Crippen LogP contribution in [0.4, 0.5) is 0 Å². The van der Waals surface area contributed by atoms with Crippen LogP contribution in [-0.4, -0.2) is 35.1 Å². The van der Waals surface area contributed by atoms with Crippen molar-refractivity contribution in [2.45, 2.75) is 65.1 Å². The van der Waals surface area contributed by atoms with Crippen molar-refractivity contribution in [2.75, 3.05) is 13.1 Å². The Hall–Kier alpha value is -0.930. The summed E-state index contributed by atoms with van der Waals surface area (Å²) in [4.78, 5) is 7.13. The lowest BCUT2D eigenvalue weighted by molar-refractivity contribution is 0.173. The van der Waals surface area contributed by atoms with Crippen LogP contribution in [0.25, 0.3) is 0 Å². The minimum absolute atomic E-state index is 0.445. The van der Waals surface area contributed by atoms with E-state index in [0.717, 1.165) is 13.1 Å². The van der Waals surface area contributed by atoms with Gasteiger partial charge in [0.2, 0.25) is 0 Å². The van der Waals surface area contributed by atoms with Gasteiger partial charge in [0.25, 0.3) is 0 Å². The quantitative estimate of drug-likeness (QED) is 0.864. The second-order valence-corrected chi connectivity index (χ2v) is 6.37. The van der Waals surface area contributed by atoms with Crippen LogP contribution < -0.4 is 5.32 Å². The van der Waals surface area contributed by atoms with Crippen molar-refractivity contribution in [3.8, 4) is 0 Å². The van der Waals surface area contributed by atoms with Crippen LogP contribution in [-0.2, 0) is 6.42 Å². The molecular weight excluding hydrogens is 246 g/mol. The molecule has 0 aliphatic heterocycles. The summed E-state index contributed by atoms with van der Waals surface area (Å²) in [7, 11) is 0. The highest BCUT2D eigenvalue weighted by atomic mass is 15.2. The molecule has 0 saturated heterocycles. The summed E-state index contributed by atoms with van der Waals surface area (Å²) < 4.78 is 0. The van der Waals surface area contributed by atoms with Gasteiger partial charge in [0.05, 0.1) is 5.69 Å². The van der Waals surface area contributed by atoms with Crippen LogP contribution in [0.15, 0.2) is 18.3 Å². The van der Waals surface area contributed by atoms with Crippen LogP contribution in [0, 0.1) is 0 Å². The Morgan fingerprint density at radius 2 is 2.05 bits per heavy atom. The Morgan fingerprint density at radius 1 is 1.30 bits per heavy atom. The van der Waals surface area contributed by atoms with Gasteiger partial charge in [-0.05, 0) is 58.6 Å². The molecule has 3 nitrogen and oxygen atoms in total. The normalized spacial score (nSPS) is 18.9. The predicted molar refractivity (Wildman–Crippen MR) is 84.9 cm³/mol. The predicted octanol–water partition coefficient (Wildman–Crippen LogP) is 3.17. The largest absolute Gasteiger partial charge is 0.307 e. The summed E-state index contributed by atoms with van der Waals surface area (Å²) in [6.07, 6.45) is 5.60. The topological polar surface area (TPSA) is 28.2 Å². The lowest BCUT2D eigenvalue weighted by Crippen LogP contribution is -2.42. The molecular formula is C17H29N3. The molecule has 1 aliphatic rings. The molecule has 0 fully saturated rings. The fourth-order valence-corrected chi connectivity index (χ4v) is 3.29. The molecule has 0 amide bonds. The van der Waals surface area contributed by atoms with E-state index < -0.39 is 0 Å². The molecule has 1 atom stereocenters. The molecule has 0 spiro atoms. The Labute approximate surface area is 123 Å². The van der Waals surface area contributed by atoms with Crippen molar-refractivity contribution < 1.29 is 0 Å². The third kappa shape index (κ3) is 3.80. The van der Waals surface area contributed by atoms with Crippen molar-refractivity contribution in [3.05, 3.63) is 29.6 Å². The van der Waals surface area contributed by atoms with E-state index in [4.69, 9.17) is 0 Å². The smallest absolute Gasteiger partial charge is 0.0605 e. The molecule has 112 valence electrons. The van der Waals surface area contributed by atoms with E-state index in [9.17, 15) is 0 Å². The first-order valence-electron chi connectivity index (χ1n) is 8.02. The van der Waals surface area contributed by atoms with E-state index in [1.54, 1.807) is 0 Å². The van der Waals surface area contributed by atoms with Gasteiger partial charge in [-0.1, -0.05) is 6.07 Å². The molecule has 0 bridgehead atoms. The third-order valence-electron chi connectivity index (χ3n) is 4.28. The molecule has 0 aromatic carbocycles. The van der Waals surface area contributed by atoms with Crippen LogP contribution >= 0.6 is 0 Å². The number of fused-ring (bicyclic) bond motifs is 1. The molecule has 0 radical (unpaired) electrons. The zero-order valence-electron chi connectivity index (χ0n) is 13.4. The van der Waals surface area contributed by atoms with E-state index in [-0.39, 0.29) is 0 Å². The molecule has 1 aliphatic carbocycles. The highest BCUT2D eigenvalue weighted by molar-refractivity contribution is 5.25. The number of hydrogen-bond donors (Lipinski definition) is 1. The number of rotatable bonds is 6. The van der Waals surface area contributed by atoms with E-state index in [2.05, 4.69) is 55.0 Å². The molecule has 1 aromatic rings. The number of aryl methyl sites for hydroxylation is 1. The monoisotopic (exact) mass is 275 g/mol. The number of hydrogen-bond acceptors (Lipinski definition) is 3. The average Bonchev–Trinajstić information content (AvgIpc) is 2.42. The van der Waals surface area contributed by atoms with E-state index in [1.807, 2.05) is 6.20 Å². The highest BCUT2D eigenvalue weighted by Crippen LogP contribution is 2.27. The Kier molecular flexibility index (Phi) is 5.55. The van der Waals surface area contributed by atoms with E-state index >= 15 is 0 Å². The number of aromatic nitrogens is 1. The molecule has 1 unspecified atom stereocenters. The summed E-state index contributed by atoms with van der Waals surface area (Å²) in [5.41, 5.74) is 2.71. The Morgan fingerprint density at radius 3 is 2.75 bits per heavy atom. The van der Waals surface area contributed by atoms with Gasteiger partial charge in [0, 0.05) is 37.4 Å².